The number of hydrogen-bond donors (Lipinski definition) is 0. The van der Waals surface area contributed by atoms with Gasteiger partial charge in [0.1, 0.15) is 0 Å². The lowest BCUT2D eigenvalue weighted by molar-refractivity contribution is 0.276. The van der Waals surface area contributed by atoms with Crippen LogP contribution in [0.25, 0.3) is 0 Å². The van der Waals surface area contributed by atoms with Gasteiger partial charge in [-0.25, -0.2) is 4.39 Å². The third-order valence-electron chi connectivity index (χ3n) is 4.59. The Kier molecular flexibility index (Phi) is 6.87. The third-order valence-corrected chi connectivity index (χ3v) is 6.14. The fourth-order valence-corrected chi connectivity index (χ4v) is 4.71. The maximum atomic E-state index is 14.1. The summed E-state index contributed by atoms with van der Waals surface area (Å²) >= 11 is 0. The summed E-state index contributed by atoms with van der Waals surface area (Å²) in [6.45, 7) is 4.36. The van der Waals surface area contributed by atoms with Gasteiger partial charge in [0, 0.05) is 0 Å². The van der Waals surface area contributed by atoms with Crippen molar-refractivity contribution in [2.45, 2.75) is 58.4 Å². The van der Waals surface area contributed by atoms with Gasteiger partial charge in [0.15, 0.2) is 17.4 Å². The predicted molar refractivity (Wildman–Crippen MR) is 88.1 cm³/mol. The smallest absolute Gasteiger partial charge is 0.200 e. The van der Waals surface area contributed by atoms with Crippen LogP contribution in [0.5, 0.6) is 5.75 Å². The fourth-order valence-electron chi connectivity index (χ4n) is 3.32. The Morgan fingerprint density at radius 2 is 1.73 bits per heavy atom. The zero-order valence-corrected chi connectivity index (χ0v) is 14.6. The molecule has 0 aromatic heterocycles. The van der Waals surface area contributed by atoms with Crippen molar-refractivity contribution in [3.63, 3.8) is 0 Å². The van der Waals surface area contributed by atoms with Crippen molar-refractivity contribution in [2.24, 2.45) is 11.8 Å². The van der Waals surface area contributed by atoms with Crippen LogP contribution in [0.4, 0.5) is 8.78 Å². The third kappa shape index (κ3) is 4.54. The Hall–Kier alpha value is -0.903. The first-order chi connectivity index (χ1) is 10.7. The molecule has 0 N–H and O–H groups in total. The molecule has 1 fully saturated rings. The molecule has 1 saturated carbocycles. The van der Waals surface area contributed by atoms with Crippen LogP contribution in [0.2, 0.25) is 6.04 Å². The van der Waals surface area contributed by atoms with Gasteiger partial charge in [-0.05, 0) is 30.0 Å². The van der Waals surface area contributed by atoms with Crippen molar-refractivity contribution in [3.8, 4) is 5.75 Å². The van der Waals surface area contributed by atoms with E-state index in [1.54, 1.807) is 19.1 Å². The summed E-state index contributed by atoms with van der Waals surface area (Å²) in [5.41, 5.74) is 0. The molecule has 0 saturated heterocycles. The van der Waals surface area contributed by atoms with Crippen LogP contribution in [0.1, 0.15) is 52.4 Å². The first kappa shape index (κ1) is 17.5. The summed E-state index contributed by atoms with van der Waals surface area (Å²) in [6, 6.07) is 4.23. The minimum Gasteiger partial charge on any atom is -0.491 e. The minimum atomic E-state index is -0.835. The van der Waals surface area contributed by atoms with Crippen LogP contribution in [0.15, 0.2) is 12.1 Å². The van der Waals surface area contributed by atoms with E-state index >= 15 is 0 Å². The molecule has 1 aromatic carbocycles. The van der Waals surface area contributed by atoms with Crippen LogP contribution in [0, 0.1) is 23.5 Å². The van der Waals surface area contributed by atoms with Crippen molar-refractivity contribution >= 4 is 14.7 Å². The van der Waals surface area contributed by atoms with Gasteiger partial charge in [-0.3, -0.25) is 0 Å². The molecular formula is C18H26F2OSi. The van der Waals surface area contributed by atoms with E-state index < -0.39 is 11.6 Å². The average Bonchev–Trinajstić information content (AvgIpc) is 2.53. The summed E-state index contributed by atoms with van der Waals surface area (Å²) < 4.78 is 33.0. The van der Waals surface area contributed by atoms with E-state index in [0.717, 1.165) is 12.0 Å². The Balaban J connectivity index is 1.86. The second-order valence-electron chi connectivity index (χ2n) is 6.23. The second kappa shape index (κ2) is 8.66. The van der Waals surface area contributed by atoms with Crippen LogP contribution in [-0.2, 0) is 0 Å². The highest BCUT2D eigenvalue weighted by Gasteiger charge is 2.22. The molecule has 0 amide bonds. The summed E-state index contributed by atoms with van der Waals surface area (Å²) in [6.07, 6.45) is 7.73. The Bertz CT molecular complexity index is 470. The van der Waals surface area contributed by atoms with Crippen LogP contribution < -0.4 is 9.92 Å². The quantitative estimate of drug-likeness (QED) is 0.660. The second-order valence-corrected chi connectivity index (χ2v) is 7.53. The Morgan fingerprint density at radius 3 is 2.36 bits per heavy atom. The van der Waals surface area contributed by atoms with E-state index in [4.69, 9.17) is 4.74 Å². The van der Waals surface area contributed by atoms with Crippen molar-refractivity contribution in [2.75, 3.05) is 6.61 Å². The molecule has 0 bridgehead atoms. The molecular weight excluding hydrogens is 298 g/mol. The van der Waals surface area contributed by atoms with E-state index in [9.17, 15) is 8.78 Å². The lowest BCUT2D eigenvalue weighted by atomic mass is 9.81. The first-order valence-electron chi connectivity index (χ1n) is 8.50. The van der Waals surface area contributed by atoms with E-state index in [1.165, 1.54) is 38.5 Å². The van der Waals surface area contributed by atoms with E-state index in [1.807, 2.05) is 0 Å². The molecule has 1 aromatic rings. The standard InChI is InChI=1S/C18H26F2OSi/c1-3-5-13-6-8-14(9-7-13)12-22-16-11-10-15(21-4-2)17(19)18(16)20/h10-11,13-14H,3-9,12H2,1-2H3. The number of halogens is 2. The minimum absolute atomic E-state index is 0.0219. The lowest BCUT2D eigenvalue weighted by Gasteiger charge is -2.28. The molecule has 2 rings (SSSR count). The number of ether oxygens (including phenoxy) is 1. The topological polar surface area (TPSA) is 9.23 Å². The maximum Gasteiger partial charge on any atom is 0.200 e. The molecule has 0 unspecified atom stereocenters. The summed E-state index contributed by atoms with van der Waals surface area (Å²) in [5.74, 6) is 0.0424. The van der Waals surface area contributed by atoms with Crippen molar-refractivity contribution in [3.05, 3.63) is 23.8 Å². The maximum absolute atomic E-state index is 14.1. The highest BCUT2D eigenvalue weighted by atomic mass is 28.2. The summed E-state index contributed by atoms with van der Waals surface area (Å²) in [5, 5.41) is 0.511. The number of hydrogen-bond acceptors (Lipinski definition) is 1. The molecule has 1 aliphatic carbocycles. The predicted octanol–water partition coefficient (Wildman–Crippen LogP) is 4.72. The van der Waals surface area contributed by atoms with Crippen LogP contribution >= 0.6 is 0 Å². The number of benzene rings is 1. The van der Waals surface area contributed by atoms with E-state index in [2.05, 4.69) is 6.92 Å². The summed E-state index contributed by atoms with van der Waals surface area (Å²) in [7, 11) is 0.352. The normalized spacial score (nSPS) is 21.8. The SMILES string of the molecule is CCCC1CCC(C[Si]c2ccc(OCC)c(F)c2F)CC1. The van der Waals surface area contributed by atoms with Gasteiger partial charge in [-0.1, -0.05) is 57.6 Å². The van der Waals surface area contributed by atoms with Crippen molar-refractivity contribution in [1.29, 1.82) is 0 Å². The first-order valence-corrected chi connectivity index (χ1v) is 9.71. The van der Waals surface area contributed by atoms with Crippen molar-refractivity contribution < 1.29 is 13.5 Å². The molecule has 2 radical (unpaired) electrons. The lowest BCUT2D eigenvalue weighted by Crippen LogP contribution is -2.24. The van der Waals surface area contributed by atoms with Gasteiger partial charge >= 0.3 is 0 Å². The largest absolute Gasteiger partial charge is 0.491 e. The molecule has 0 aliphatic heterocycles. The van der Waals surface area contributed by atoms with Gasteiger partial charge < -0.3 is 4.74 Å². The van der Waals surface area contributed by atoms with Gasteiger partial charge in [0.25, 0.3) is 0 Å². The highest BCUT2D eigenvalue weighted by molar-refractivity contribution is 6.53. The molecule has 122 valence electrons. The van der Waals surface area contributed by atoms with Gasteiger partial charge in [-0.15, -0.1) is 0 Å². The van der Waals surface area contributed by atoms with E-state index in [0.29, 0.717) is 27.2 Å². The average molecular weight is 324 g/mol. The zero-order valence-electron chi connectivity index (χ0n) is 13.6. The van der Waals surface area contributed by atoms with Crippen LogP contribution in [-0.4, -0.2) is 16.1 Å². The molecule has 22 heavy (non-hydrogen) atoms. The summed E-state index contributed by atoms with van der Waals surface area (Å²) in [4.78, 5) is 0. The molecule has 0 atom stereocenters. The fraction of sp³-hybridized carbons (Fsp3) is 0.667. The highest BCUT2D eigenvalue weighted by Crippen LogP contribution is 2.33. The van der Waals surface area contributed by atoms with Gasteiger partial charge in [-0.2, -0.15) is 4.39 Å². The van der Waals surface area contributed by atoms with E-state index in [-0.39, 0.29) is 5.75 Å². The molecule has 1 nitrogen and oxygen atoms in total. The molecule has 1 aliphatic rings. The molecule has 0 spiro atoms. The monoisotopic (exact) mass is 324 g/mol. The zero-order chi connectivity index (χ0) is 15.9. The number of rotatable bonds is 7. The Labute approximate surface area is 135 Å². The van der Waals surface area contributed by atoms with Crippen LogP contribution in [0.3, 0.4) is 0 Å². The van der Waals surface area contributed by atoms with Gasteiger partial charge in [0.05, 0.1) is 16.1 Å². The van der Waals surface area contributed by atoms with Crippen molar-refractivity contribution in [1.82, 2.24) is 0 Å². The van der Waals surface area contributed by atoms with Gasteiger partial charge in [0.2, 0.25) is 0 Å². The molecule has 4 heteroatoms. The molecule has 0 heterocycles. The Morgan fingerprint density at radius 1 is 1.05 bits per heavy atom.